The number of carbonyl (C=O) groups excluding carboxylic acids is 2. The van der Waals surface area contributed by atoms with E-state index in [2.05, 4.69) is 4.98 Å². The molecule has 0 aliphatic carbocycles. The maximum atomic E-state index is 13.4. The summed E-state index contributed by atoms with van der Waals surface area (Å²) in [4.78, 5) is 30.5. The predicted octanol–water partition coefficient (Wildman–Crippen LogP) is 4.48. The molecule has 1 aliphatic rings. The van der Waals surface area contributed by atoms with Crippen LogP contribution in [0.5, 0.6) is 11.5 Å². The van der Waals surface area contributed by atoms with Crippen molar-refractivity contribution in [2.45, 2.75) is 58.9 Å². The summed E-state index contributed by atoms with van der Waals surface area (Å²) in [5, 5.41) is 0. The van der Waals surface area contributed by atoms with E-state index in [0.717, 1.165) is 67.0 Å². The van der Waals surface area contributed by atoms with Crippen LogP contribution in [0, 0.1) is 13.8 Å². The quantitative estimate of drug-likeness (QED) is 0.681. The van der Waals surface area contributed by atoms with Gasteiger partial charge >= 0.3 is 0 Å². The highest BCUT2D eigenvalue weighted by molar-refractivity contribution is 6.02. The van der Waals surface area contributed by atoms with Crippen molar-refractivity contribution in [2.24, 2.45) is 0 Å². The molecular formula is C24H32N2O4. The van der Waals surface area contributed by atoms with Crippen LogP contribution in [0.25, 0.3) is 0 Å². The van der Waals surface area contributed by atoms with Gasteiger partial charge in [0.15, 0.2) is 17.3 Å². The number of amides is 1. The summed E-state index contributed by atoms with van der Waals surface area (Å²) in [5.41, 5.74) is 3.88. The summed E-state index contributed by atoms with van der Waals surface area (Å²) in [7, 11) is 3.27. The van der Waals surface area contributed by atoms with Crippen molar-refractivity contribution < 1.29 is 19.1 Å². The zero-order valence-corrected chi connectivity index (χ0v) is 18.6. The van der Waals surface area contributed by atoms with Gasteiger partial charge in [-0.15, -0.1) is 0 Å². The molecule has 1 saturated heterocycles. The smallest absolute Gasteiger partial charge is 0.270 e. The fraction of sp³-hybridized carbons (Fsp3) is 0.500. The van der Waals surface area contributed by atoms with E-state index in [4.69, 9.17) is 9.47 Å². The van der Waals surface area contributed by atoms with Crippen LogP contribution in [0.2, 0.25) is 0 Å². The van der Waals surface area contributed by atoms with Gasteiger partial charge in [-0.2, -0.15) is 0 Å². The average molecular weight is 413 g/mol. The van der Waals surface area contributed by atoms with Crippen LogP contribution < -0.4 is 9.47 Å². The SMILES string of the molecule is COc1ccc(CCC2CCCCN2C(=O)c2[nH]c(C)c(C(C)=O)c2C)cc1OC. The Labute approximate surface area is 178 Å². The average Bonchev–Trinajstić information content (AvgIpc) is 3.05. The highest BCUT2D eigenvalue weighted by atomic mass is 16.5. The minimum atomic E-state index is -0.0102. The molecule has 1 N–H and O–H groups in total. The molecule has 0 saturated carbocycles. The lowest BCUT2D eigenvalue weighted by Crippen LogP contribution is -2.44. The number of aromatic nitrogens is 1. The molecule has 2 aromatic rings. The third-order valence-corrected chi connectivity index (χ3v) is 6.11. The van der Waals surface area contributed by atoms with Gasteiger partial charge in [0.05, 0.1) is 14.2 Å². The summed E-state index contributed by atoms with van der Waals surface area (Å²) in [5.74, 6) is 1.43. The second kappa shape index (κ2) is 9.37. The number of aromatic amines is 1. The Hall–Kier alpha value is -2.76. The van der Waals surface area contributed by atoms with E-state index in [1.165, 1.54) is 0 Å². The lowest BCUT2D eigenvalue weighted by Gasteiger charge is -2.36. The Morgan fingerprint density at radius 3 is 2.50 bits per heavy atom. The number of piperidine rings is 1. The second-order valence-corrected chi connectivity index (χ2v) is 8.06. The molecule has 6 nitrogen and oxygen atoms in total. The first-order valence-corrected chi connectivity index (χ1v) is 10.6. The Morgan fingerprint density at radius 1 is 1.13 bits per heavy atom. The number of hydrogen-bond donors (Lipinski definition) is 1. The second-order valence-electron chi connectivity index (χ2n) is 8.06. The largest absolute Gasteiger partial charge is 0.493 e. The van der Waals surface area contributed by atoms with Crippen molar-refractivity contribution in [3.63, 3.8) is 0 Å². The number of methoxy groups -OCH3 is 2. The topological polar surface area (TPSA) is 71.6 Å². The molecule has 1 aliphatic heterocycles. The summed E-state index contributed by atoms with van der Waals surface area (Å²) in [6.45, 7) is 6.01. The fourth-order valence-electron chi connectivity index (χ4n) is 4.57. The molecule has 162 valence electrons. The van der Waals surface area contributed by atoms with Gasteiger partial charge in [-0.3, -0.25) is 9.59 Å². The van der Waals surface area contributed by atoms with Crippen molar-refractivity contribution >= 4 is 11.7 Å². The summed E-state index contributed by atoms with van der Waals surface area (Å²) < 4.78 is 10.7. The Morgan fingerprint density at radius 2 is 1.87 bits per heavy atom. The zero-order valence-electron chi connectivity index (χ0n) is 18.6. The number of nitrogens with zero attached hydrogens (tertiary/aromatic N) is 1. The number of rotatable bonds is 7. The normalized spacial score (nSPS) is 16.4. The van der Waals surface area contributed by atoms with Gasteiger partial charge in [0.25, 0.3) is 5.91 Å². The Balaban J connectivity index is 1.76. The number of carbonyl (C=O) groups is 2. The highest BCUT2D eigenvalue weighted by Gasteiger charge is 2.30. The van der Waals surface area contributed by atoms with E-state index in [0.29, 0.717) is 11.3 Å². The molecular weight excluding hydrogens is 380 g/mol. The summed E-state index contributed by atoms with van der Waals surface area (Å²) in [6.07, 6.45) is 4.88. The molecule has 1 atom stereocenters. The maximum Gasteiger partial charge on any atom is 0.270 e. The number of ketones is 1. The first kappa shape index (κ1) is 21.9. The van der Waals surface area contributed by atoms with Gasteiger partial charge in [0, 0.05) is 23.8 Å². The molecule has 2 heterocycles. The van der Waals surface area contributed by atoms with Crippen LogP contribution in [-0.4, -0.2) is 48.4 Å². The summed E-state index contributed by atoms with van der Waals surface area (Å²) in [6, 6.07) is 6.16. The Bertz CT molecular complexity index is 932. The molecule has 0 spiro atoms. The van der Waals surface area contributed by atoms with E-state index < -0.39 is 0 Å². The standard InChI is InChI=1S/C24H32N2O4/c1-15-22(17(3)27)16(2)25-23(15)24(28)26-13-7-6-8-19(26)11-9-18-10-12-20(29-4)21(14-18)30-5/h10,12,14,19,25H,6-9,11,13H2,1-5H3. The van der Waals surface area contributed by atoms with Crippen molar-refractivity contribution in [3.8, 4) is 11.5 Å². The van der Waals surface area contributed by atoms with Crippen LogP contribution in [0.15, 0.2) is 18.2 Å². The molecule has 6 heteroatoms. The van der Waals surface area contributed by atoms with Crippen LogP contribution in [-0.2, 0) is 6.42 Å². The predicted molar refractivity (Wildman–Crippen MR) is 117 cm³/mol. The van der Waals surface area contributed by atoms with E-state index in [-0.39, 0.29) is 17.7 Å². The molecule has 1 amide bonds. The zero-order chi connectivity index (χ0) is 21.8. The van der Waals surface area contributed by atoms with Crippen molar-refractivity contribution in [1.29, 1.82) is 0 Å². The Kier molecular flexibility index (Phi) is 6.85. The highest BCUT2D eigenvalue weighted by Crippen LogP contribution is 2.30. The number of nitrogens with one attached hydrogen (secondary N) is 1. The van der Waals surface area contributed by atoms with E-state index >= 15 is 0 Å². The number of benzene rings is 1. The number of likely N-dealkylation sites (tertiary alicyclic amines) is 1. The van der Waals surface area contributed by atoms with Gasteiger partial charge in [-0.1, -0.05) is 6.07 Å². The molecule has 1 unspecified atom stereocenters. The van der Waals surface area contributed by atoms with Gasteiger partial charge in [-0.25, -0.2) is 0 Å². The van der Waals surface area contributed by atoms with Gasteiger partial charge < -0.3 is 19.4 Å². The minimum Gasteiger partial charge on any atom is -0.493 e. The fourth-order valence-corrected chi connectivity index (χ4v) is 4.57. The number of Topliss-reactive ketones (excluding diaryl/α,β-unsaturated/α-hetero) is 1. The van der Waals surface area contributed by atoms with Crippen molar-refractivity contribution in [3.05, 3.63) is 46.3 Å². The molecule has 30 heavy (non-hydrogen) atoms. The van der Waals surface area contributed by atoms with Crippen LogP contribution in [0.1, 0.15) is 70.3 Å². The minimum absolute atomic E-state index is 0.000103. The summed E-state index contributed by atoms with van der Waals surface area (Å²) >= 11 is 0. The van der Waals surface area contributed by atoms with Crippen LogP contribution in [0.3, 0.4) is 0 Å². The van der Waals surface area contributed by atoms with E-state index in [1.807, 2.05) is 36.9 Å². The molecule has 0 bridgehead atoms. The molecule has 1 aromatic carbocycles. The van der Waals surface area contributed by atoms with Crippen molar-refractivity contribution in [2.75, 3.05) is 20.8 Å². The number of H-pyrrole nitrogens is 1. The number of hydrogen-bond acceptors (Lipinski definition) is 4. The van der Waals surface area contributed by atoms with Gasteiger partial charge in [-0.05, 0) is 76.1 Å². The van der Waals surface area contributed by atoms with Crippen molar-refractivity contribution in [1.82, 2.24) is 9.88 Å². The van der Waals surface area contributed by atoms with Crippen LogP contribution >= 0.6 is 0 Å². The molecule has 1 fully saturated rings. The van der Waals surface area contributed by atoms with Gasteiger partial charge in [0.1, 0.15) is 5.69 Å². The monoisotopic (exact) mass is 412 g/mol. The molecule has 0 radical (unpaired) electrons. The van der Waals surface area contributed by atoms with E-state index in [1.54, 1.807) is 21.1 Å². The maximum absolute atomic E-state index is 13.4. The third-order valence-electron chi connectivity index (χ3n) is 6.11. The van der Waals surface area contributed by atoms with Gasteiger partial charge in [0.2, 0.25) is 0 Å². The molecule has 1 aromatic heterocycles. The molecule has 3 rings (SSSR count). The first-order valence-electron chi connectivity index (χ1n) is 10.6. The van der Waals surface area contributed by atoms with E-state index in [9.17, 15) is 9.59 Å². The number of ether oxygens (including phenoxy) is 2. The number of aryl methyl sites for hydroxylation is 2. The first-order chi connectivity index (χ1) is 14.4. The van der Waals surface area contributed by atoms with Crippen LogP contribution in [0.4, 0.5) is 0 Å². The lowest BCUT2D eigenvalue weighted by molar-refractivity contribution is 0.0595. The third kappa shape index (κ3) is 4.37. The lowest BCUT2D eigenvalue weighted by atomic mass is 9.95.